The van der Waals surface area contributed by atoms with E-state index in [-0.39, 0.29) is 5.92 Å². The van der Waals surface area contributed by atoms with Gasteiger partial charge in [0.25, 0.3) is 0 Å². The largest absolute Gasteiger partial charge is 0.308 e. The van der Waals surface area contributed by atoms with Crippen LogP contribution >= 0.6 is 15.9 Å². The molecule has 2 fully saturated rings. The first kappa shape index (κ1) is 14.3. The number of likely N-dealkylation sites (N-methyl/N-ethyl adjacent to an activating group) is 1. The third-order valence-electron chi connectivity index (χ3n) is 4.86. The lowest BCUT2D eigenvalue weighted by molar-refractivity contribution is 0.0861. The molecule has 3 atom stereocenters. The first-order chi connectivity index (χ1) is 9.56. The van der Waals surface area contributed by atoms with E-state index in [0.29, 0.717) is 11.7 Å². The van der Waals surface area contributed by atoms with Gasteiger partial charge in [-0.05, 0) is 61.1 Å². The molecule has 2 saturated carbocycles. The highest BCUT2D eigenvalue weighted by molar-refractivity contribution is 9.10. The summed E-state index contributed by atoms with van der Waals surface area (Å²) < 4.78 is 2.72. The van der Waals surface area contributed by atoms with Gasteiger partial charge in [-0.15, -0.1) is 0 Å². The van der Waals surface area contributed by atoms with Crippen molar-refractivity contribution in [3.63, 3.8) is 0 Å². The molecule has 2 bridgehead atoms. The fraction of sp³-hybridized carbons (Fsp3) is 0.733. The average Bonchev–Trinajstić information content (AvgIpc) is 3.10. The predicted octanol–water partition coefficient (Wildman–Crippen LogP) is 2.83. The Labute approximate surface area is 128 Å². The minimum absolute atomic E-state index is 0.236. The van der Waals surface area contributed by atoms with Gasteiger partial charge in [0.05, 0.1) is 17.2 Å². The molecule has 2 aliphatic carbocycles. The van der Waals surface area contributed by atoms with Crippen molar-refractivity contribution in [3.8, 4) is 0 Å². The summed E-state index contributed by atoms with van der Waals surface area (Å²) in [7, 11) is 4.08. The molecular formula is C15H22BrN3O. The van der Waals surface area contributed by atoms with Gasteiger partial charge in [0.2, 0.25) is 0 Å². The zero-order valence-electron chi connectivity index (χ0n) is 12.2. The Morgan fingerprint density at radius 1 is 1.45 bits per heavy atom. The number of hydrogen-bond acceptors (Lipinski definition) is 3. The zero-order chi connectivity index (χ0) is 14.3. The van der Waals surface area contributed by atoms with E-state index >= 15 is 0 Å². The maximum atomic E-state index is 12.9. The summed E-state index contributed by atoms with van der Waals surface area (Å²) >= 11 is 3.51. The van der Waals surface area contributed by atoms with Crippen LogP contribution in [0.1, 0.15) is 36.2 Å². The minimum Gasteiger partial charge on any atom is -0.308 e. The number of rotatable bonds is 5. The van der Waals surface area contributed by atoms with E-state index in [2.05, 4.69) is 25.9 Å². The van der Waals surface area contributed by atoms with E-state index in [1.54, 1.807) is 6.20 Å². The first-order valence-electron chi connectivity index (χ1n) is 7.46. The number of halogens is 1. The summed E-state index contributed by atoms with van der Waals surface area (Å²) in [5.74, 6) is 1.96. The third-order valence-corrected chi connectivity index (χ3v) is 5.44. The number of Topliss-reactive ketones (excluding diaryl/α,β-unsaturated/α-hetero) is 1. The molecule has 4 nitrogen and oxygen atoms in total. The number of aromatic nitrogens is 2. The molecule has 0 spiro atoms. The summed E-state index contributed by atoms with van der Waals surface area (Å²) in [6.45, 7) is 1.66. The molecule has 3 unspecified atom stereocenters. The van der Waals surface area contributed by atoms with E-state index in [0.717, 1.165) is 35.6 Å². The monoisotopic (exact) mass is 339 g/mol. The summed E-state index contributed by atoms with van der Waals surface area (Å²) in [4.78, 5) is 15.0. The van der Waals surface area contributed by atoms with Gasteiger partial charge < -0.3 is 4.90 Å². The molecule has 5 heteroatoms. The van der Waals surface area contributed by atoms with E-state index in [1.165, 1.54) is 19.3 Å². The smallest absolute Gasteiger partial charge is 0.185 e. The fourth-order valence-electron chi connectivity index (χ4n) is 3.81. The van der Waals surface area contributed by atoms with Crippen LogP contribution in [-0.4, -0.2) is 41.1 Å². The molecule has 110 valence electrons. The van der Waals surface area contributed by atoms with Crippen molar-refractivity contribution in [2.45, 2.75) is 32.2 Å². The van der Waals surface area contributed by atoms with Crippen LogP contribution in [0.4, 0.5) is 0 Å². The Morgan fingerprint density at radius 3 is 2.85 bits per heavy atom. The van der Waals surface area contributed by atoms with Crippen LogP contribution in [0.5, 0.6) is 0 Å². The van der Waals surface area contributed by atoms with Crippen molar-refractivity contribution in [1.82, 2.24) is 14.7 Å². The second-order valence-electron chi connectivity index (χ2n) is 6.51. The summed E-state index contributed by atoms with van der Waals surface area (Å²) in [6, 6.07) is 0. The van der Waals surface area contributed by atoms with Crippen LogP contribution in [0.15, 0.2) is 10.7 Å². The zero-order valence-corrected chi connectivity index (χ0v) is 13.8. The number of ketones is 1. The molecule has 0 radical (unpaired) electrons. The highest BCUT2D eigenvalue weighted by Crippen LogP contribution is 2.49. The van der Waals surface area contributed by atoms with Gasteiger partial charge in [0.15, 0.2) is 5.78 Å². The second kappa shape index (κ2) is 5.60. The topological polar surface area (TPSA) is 38.1 Å². The molecule has 1 aromatic heterocycles. The molecule has 3 rings (SSSR count). The van der Waals surface area contributed by atoms with E-state index in [9.17, 15) is 4.79 Å². The molecule has 2 aliphatic rings. The number of nitrogens with zero attached hydrogens (tertiary/aromatic N) is 3. The van der Waals surface area contributed by atoms with Crippen LogP contribution in [0, 0.1) is 17.8 Å². The van der Waals surface area contributed by atoms with Crippen LogP contribution in [0.3, 0.4) is 0 Å². The number of fused-ring (bicyclic) bond motifs is 2. The van der Waals surface area contributed by atoms with Crippen LogP contribution in [0.2, 0.25) is 0 Å². The molecule has 20 heavy (non-hydrogen) atoms. The lowest BCUT2D eigenvalue weighted by Gasteiger charge is -2.21. The summed E-state index contributed by atoms with van der Waals surface area (Å²) in [5.41, 5.74) is 0.782. The SMILES string of the molecule is CN(C)CCn1ncc(Br)c1C(=O)C1CC2CCC1C2. The van der Waals surface area contributed by atoms with Crippen molar-refractivity contribution in [1.29, 1.82) is 0 Å². The third kappa shape index (κ3) is 2.58. The first-order valence-corrected chi connectivity index (χ1v) is 8.25. The molecule has 0 aromatic carbocycles. The Balaban J connectivity index is 1.78. The lowest BCUT2D eigenvalue weighted by Crippen LogP contribution is -2.26. The van der Waals surface area contributed by atoms with Gasteiger partial charge >= 0.3 is 0 Å². The highest BCUT2D eigenvalue weighted by Gasteiger charge is 2.44. The number of hydrogen-bond donors (Lipinski definition) is 0. The maximum absolute atomic E-state index is 12.9. The quantitative estimate of drug-likeness (QED) is 0.774. The molecule has 0 N–H and O–H groups in total. The Kier molecular flexibility index (Phi) is 4.00. The molecule has 1 heterocycles. The molecule has 0 amide bonds. The molecule has 1 aromatic rings. The van der Waals surface area contributed by atoms with Crippen molar-refractivity contribution in [2.75, 3.05) is 20.6 Å². The van der Waals surface area contributed by atoms with Crippen LogP contribution in [0.25, 0.3) is 0 Å². The number of carbonyl (C=O) groups is 1. The van der Waals surface area contributed by atoms with Crippen LogP contribution < -0.4 is 0 Å². The Hall–Kier alpha value is -0.680. The average molecular weight is 340 g/mol. The predicted molar refractivity (Wildman–Crippen MR) is 81.7 cm³/mol. The summed E-state index contributed by atoms with van der Waals surface area (Å²) in [5, 5.41) is 4.36. The van der Waals surface area contributed by atoms with Crippen LogP contribution in [-0.2, 0) is 6.54 Å². The standard InChI is InChI=1S/C15H22BrN3O/c1-18(2)5-6-19-14(13(16)9-17-19)15(20)12-8-10-3-4-11(12)7-10/h9-12H,3-8H2,1-2H3. The highest BCUT2D eigenvalue weighted by atomic mass is 79.9. The molecule has 0 aliphatic heterocycles. The molecular weight excluding hydrogens is 318 g/mol. The van der Waals surface area contributed by atoms with Gasteiger partial charge in [-0.2, -0.15) is 5.10 Å². The van der Waals surface area contributed by atoms with Crippen molar-refractivity contribution in [3.05, 3.63) is 16.4 Å². The van der Waals surface area contributed by atoms with Gasteiger partial charge in [0, 0.05) is 12.5 Å². The van der Waals surface area contributed by atoms with Crippen molar-refractivity contribution < 1.29 is 4.79 Å². The van der Waals surface area contributed by atoms with Crippen molar-refractivity contribution in [2.24, 2.45) is 17.8 Å². The number of carbonyl (C=O) groups excluding carboxylic acids is 1. The van der Waals surface area contributed by atoms with Crippen molar-refractivity contribution >= 4 is 21.7 Å². The Bertz CT molecular complexity index is 511. The minimum atomic E-state index is 0.236. The van der Waals surface area contributed by atoms with E-state index in [1.807, 2.05) is 18.8 Å². The van der Waals surface area contributed by atoms with E-state index < -0.39 is 0 Å². The second-order valence-corrected chi connectivity index (χ2v) is 7.37. The Morgan fingerprint density at radius 2 is 2.25 bits per heavy atom. The molecule has 0 saturated heterocycles. The van der Waals surface area contributed by atoms with Gasteiger partial charge in [-0.25, -0.2) is 0 Å². The lowest BCUT2D eigenvalue weighted by atomic mass is 9.84. The summed E-state index contributed by atoms with van der Waals surface area (Å²) in [6.07, 6.45) is 6.69. The maximum Gasteiger partial charge on any atom is 0.185 e. The normalized spacial score (nSPS) is 28.5. The van der Waals surface area contributed by atoms with Gasteiger partial charge in [-0.3, -0.25) is 9.48 Å². The van der Waals surface area contributed by atoms with Gasteiger partial charge in [-0.1, -0.05) is 6.42 Å². The van der Waals surface area contributed by atoms with E-state index in [4.69, 9.17) is 0 Å². The van der Waals surface area contributed by atoms with Gasteiger partial charge in [0.1, 0.15) is 5.69 Å². The fourth-order valence-corrected chi connectivity index (χ4v) is 4.30.